The molecule has 1 aromatic heterocycles. The number of carbonyl (C=O) groups is 1. The highest BCUT2D eigenvalue weighted by molar-refractivity contribution is 5.99. The van der Waals surface area contributed by atoms with Gasteiger partial charge in [-0.25, -0.2) is 0 Å². The van der Waals surface area contributed by atoms with Gasteiger partial charge >= 0.3 is 0 Å². The lowest BCUT2D eigenvalue weighted by Gasteiger charge is -2.27. The minimum atomic E-state index is -0.508. The molecule has 2 aliphatic rings. The summed E-state index contributed by atoms with van der Waals surface area (Å²) in [6, 6.07) is 14.3. The molecule has 0 spiro atoms. The summed E-state index contributed by atoms with van der Waals surface area (Å²) in [5.41, 5.74) is 1.56. The van der Waals surface area contributed by atoms with Crippen LogP contribution in [0.1, 0.15) is 73.2 Å². The molecule has 0 bridgehead atoms. The molecule has 6 heteroatoms. The van der Waals surface area contributed by atoms with Crippen LogP contribution in [0, 0.1) is 0 Å². The second kappa shape index (κ2) is 10.0. The third-order valence-electron chi connectivity index (χ3n) is 6.76. The number of nitrogens with zero attached hydrogens (tertiary/aromatic N) is 1. The zero-order chi connectivity index (χ0) is 23.5. The largest absolute Gasteiger partial charge is 0.494 e. The Morgan fingerprint density at radius 3 is 2.62 bits per heavy atom. The number of fused-ring (bicyclic) bond motifs is 2. The standard InChI is InChI=1S/C28H31NO5/c1-2-3-4-7-16-32-20-14-12-19(13-15-20)25-24-26(30)22-10-5-6-11-23(22)34-27(24)28(31)29(25)18-21-9-8-17-33-21/h5-6,10-15,21,25H,2-4,7-9,16-18H2,1H3. The summed E-state index contributed by atoms with van der Waals surface area (Å²) < 4.78 is 17.7. The number of benzene rings is 2. The number of ether oxygens (including phenoxy) is 2. The van der Waals surface area contributed by atoms with Crippen LogP contribution in [0.25, 0.3) is 11.0 Å². The Balaban J connectivity index is 1.47. The molecule has 1 amide bonds. The van der Waals surface area contributed by atoms with Crippen molar-refractivity contribution in [3.05, 3.63) is 75.6 Å². The first-order valence-corrected chi connectivity index (χ1v) is 12.4. The van der Waals surface area contributed by atoms with Crippen LogP contribution in [0.2, 0.25) is 0 Å². The molecule has 178 valence electrons. The van der Waals surface area contributed by atoms with Crippen molar-refractivity contribution in [3.63, 3.8) is 0 Å². The predicted octanol–water partition coefficient (Wildman–Crippen LogP) is 5.48. The molecule has 2 aliphatic heterocycles. The number of unbranched alkanes of at least 4 members (excludes halogenated alkanes) is 3. The molecule has 3 aromatic rings. The molecule has 0 radical (unpaired) electrons. The zero-order valence-corrected chi connectivity index (χ0v) is 19.6. The van der Waals surface area contributed by atoms with E-state index in [0.717, 1.165) is 37.0 Å². The van der Waals surface area contributed by atoms with Crippen molar-refractivity contribution in [2.45, 2.75) is 57.6 Å². The number of rotatable bonds is 9. The Hall–Kier alpha value is -3.12. The fourth-order valence-corrected chi connectivity index (χ4v) is 4.97. The van der Waals surface area contributed by atoms with E-state index in [1.165, 1.54) is 12.8 Å². The lowest BCUT2D eigenvalue weighted by atomic mass is 9.98. The fourth-order valence-electron chi connectivity index (χ4n) is 4.97. The molecule has 0 aliphatic carbocycles. The maximum atomic E-state index is 13.5. The number of amides is 1. The van der Waals surface area contributed by atoms with Gasteiger partial charge in [-0.3, -0.25) is 9.59 Å². The molecule has 2 atom stereocenters. The predicted molar refractivity (Wildman–Crippen MR) is 130 cm³/mol. The summed E-state index contributed by atoms with van der Waals surface area (Å²) in [6.07, 6.45) is 6.46. The molecule has 5 rings (SSSR count). The molecule has 1 fully saturated rings. The van der Waals surface area contributed by atoms with Crippen LogP contribution in [0.15, 0.2) is 57.7 Å². The van der Waals surface area contributed by atoms with Crippen LogP contribution in [0.3, 0.4) is 0 Å². The van der Waals surface area contributed by atoms with E-state index < -0.39 is 6.04 Å². The Kier molecular flexibility index (Phi) is 6.68. The maximum Gasteiger partial charge on any atom is 0.291 e. The molecular weight excluding hydrogens is 430 g/mol. The summed E-state index contributed by atoms with van der Waals surface area (Å²) >= 11 is 0. The maximum absolute atomic E-state index is 13.5. The van der Waals surface area contributed by atoms with Crippen molar-refractivity contribution < 1.29 is 18.7 Å². The van der Waals surface area contributed by atoms with Crippen molar-refractivity contribution in [2.75, 3.05) is 19.8 Å². The summed E-state index contributed by atoms with van der Waals surface area (Å²) in [5, 5.41) is 0.491. The van der Waals surface area contributed by atoms with Gasteiger partial charge in [0.25, 0.3) is 5.91 Å². The summed E-state index contributed by atoms with van der Waals surface area (Å²) in [6.45, 7) is 4.01. The van der Waals surface area contributed by atoms with Crippen LogP contribution < -0.4 is 10.2 Å². The fraction of sp³-hybridized carbons (Fsp3) is 0.429. The van der Waals surface area contributed by atoms with E-state index >= 15 is 0 Å². The molecule has 0 saturated carbocycles. The van der Waals surface area contributed by atoms with Crippen molar-refractivity contribution >= 4 is 16.9 Å². The molecule has 1 saturated heterocycles. The van der Waals surface area contributed by atoms with Crippen LogP contribution in [0.4, 0.5) is 0 Å². The summed E-state index contributed by atoms with van der Waals surface area (Å²) in [4.78, 5) is 28.7. The van der Waals surface area contributed by atoms with E-state index in [0.29, 0.717) is 36.3 Å². The lowest BCUT2D eigenvalue weighted by molar-refractivity contribution is 0.0486. The van der Waals surface area contributed by atoms with Gasteiger partial charge in [0.1, 0.15) is 11.3 Å². The second-order valence-corrected chi connectivity index (χ2v) is 9.14. The topological polar surface area (TPSA) is 69.0 Å². The zero-order valence-electron chi connectivity index (χ0n) is 19.6. The van der Waals surface area contributed by atoms with Gasteiger partial charge in [0.2, 0.25) is 5.76 Å². The van der Waals surface area contributed by atoms with E-state index in [9.17, 15) is 9.59 Å². The van der Waals surface area contributed by atoms with Crippen molar-refractivity contribution in [1.82, 2.24) is 4.90 Å². The van der Waals surface area contributed by atoms with E-state index in [2.05, 4.69) is 6.92 Å². The van der Waals surface area contributed by atoms with Crippen molar-refractivity contribution in [2.24, 2.45) is 0 Å². The van der Waals surface area contributed by atoms with Gasteiger partial charge in [0, 0.05) is 13.2 Å². The highest BCUT2D eigenvalue weighted by atomic mass is 16.5. The van der Waals surface area contributed by atoms with E-state index in [1.807, 2.05) is 30.3 Å². The Morgan fingerprint density at radius 1 is 1.03 bits per heavy atom. The van der Waals surface area contributed by atoms with Gasteiger partial charge in [-0.05, 0) is 49.1 Å². The minimum Gasteiger partial charge on any atom is -0.494 e. The molecular formula is C28H31NO5. The molecule has 0 N–H and O–H groups in total. The van der Waals surface area contributed by atoms with E-state index in [1.54, 1.807) is 23.1 Å². The quantitative estimate of drug-likeness (QED) is 0.395. The number of hydrogen-bond donors (Lipinski definition) is 0. The van der Waals surface area contributed by atoms with Gasteiger partial charge in [-0.2, -0.15) is 0 Å². The Morgan fingerprint density at radius 2 is 1.85 bits per heavy atom. The lowest BCUT2D eigenvalue weighted by Crippen LogP contribution is -2.36. The number of para-hydroxylation sites is 1. The Labute approximate surface area is 199 Å². The molecule has 2 unspecified atom stereocenters. The smallest absolute Gasteiger partial charge is 0.291 e. The Bertz CT molecular complexity index is 1210. The molecule has 34 heavy (non-hydrogen) atoms. The van der Waals surface area contributed by atoms with Crippen LogP contribution in [0.5, 0.6) is 5.75 Å². The van der Waals surface area contributed by atoms with Gasteiger partial charge in [0.05, 0.1) is 29.7 Å². The normalized spacial score (nSPS) is 19.7. The first-order chi connectivity index (χ1) is 16.7. The van der Waals surface area contributed by atoms with Gasteiger partial charge in [-0.15, -0.1) is 0 Å². The first-order valence-electron chi connectivity index (χ1n) is 12.4. The summed E-state index contributed by atoms with van der Waals surface area (Å²) in [5.74, 6) is 0.679. The monoisotopic (exact) mass is 461 g/mol. The van der Waals surface area contributed by atoms with Gasteiger partial charge in [0.15, 0.2) is 5.43 Å². The van der Waals surface area contributed by atoms with Gasteiger partial charge < -0.3 is 18.8 Å². The molecule has 3 heterocycles. The number of hydrogen-bond acceptors (Lipinski definition) is 5. The van der Waals surface area contributed by atoms with Crippen LogP contribution in [-0.4, -0.2) is 36.7 Å². The SMILES string of the molecule is CCCCCCOc1ccc(C2c3c(oc4ccccc4c3=O)C(=O)N2CC2CCCO2)cc1. The number of carbonyl (C=O) groups excluding carboxylic acids is 1. The van der Waals surface area contributed by atoms with Crippen LogP contribution >= 0.6 is 0 Å². The molecule has 2 aromatic carbocycles. The van der Waals surface area contributed by atoms with E-state index in [-0.39, 0.29) is 23.2 Å². The third kappa shape index (κ3) is 4.34. The van der Waals surface area contributed by atoms with Crippen molar-refractivity contribution in [1.29, 1.82) is 0 Å². The summed E-state index contributed by atoms with van der Waals surface area (Å²) in [7, 11) is 0. The van der Waals surface area contributed by atoms with Crippen molar-refractivity contribution in [3.8, 4) is 5.75 Å². The minimum absolute atomic E-state index is 0.0315. The average Bonchev–Trinajstić information content (AvgIpc) is 3.47. The molecule has 6 nitrogen and oxygen atoms in total. The average molecular weight is 462 g/mol. The highest BCUT2D eigenvalue weighted by Crippen LogP contribution is 2.39. The second-order valence-electron chi connectivity index (χ2n) is 9.14. The van der Waals surface area contributed by atoms with E-state index in [4.69, 9.17) is 13.9 Å². The third-order valence-corrected chi connectivity index (χ3v) is 6.76. The highest BCUT2D eigenvalue weighted by Gasteiger charge is 2.43. The van der Waals surface area contributed by atoms with Gasteiger partial charge in [-0.1, -0.05) is 50.5 Å². The first kappa shape index (κ1) is 22.7. The van der Waals surface area contributed by atoms with Crippen LogP contribution in [-0.2, 0) is 4.74 Å².